The molecule has 0 saturated heterocycles. The maximum atomic E-state index is 3.04. The summed E-state index contributed by atoms with van der Waals surface area (Å²) in [5.74, 6) is 0. The standard InChI is InChI=1S/C4H7N.Sn/c1-2-4-5-3-1;/h1,3,5H,2,4H2;. The van der Waals surface area contributed by atoms with Gasteiger partial charge in [-0.25, -0.2) is 0 Å². The molecule has 1 rings (SSSR count). The first-order valence-electron chi connectivity index (χ1n) is 1.88. The SMILES string of the molecule is C1=CNCC1.[Sn]. The Morgan fingerprint density at radius 1 is 1.50 bits per heavy atom. The van der Waals surface area contributed by atoms with Crippen molar-refractivity contribution in [2.45, 2.75) is 6.42 Å². The molecule has 1 heterocycles. The summed E-state index contributed by atoms with van der Waals surface area (Å²) in [5.41, 5.74) is 0. The molecule has 1 aliphatic rings. The molecule has 0 aromatic rings. The largest absolute Gasteiger partial charge is 0.391 e. The molecule has 0 atom stereocenters. The van der Waals surface area contributed by atoms with E-state index >= 15 is 0 Å². The number of hydrogen-bond donors (Lipinski definition) is 1. The number of hydrogen-bond acceptors (Lipinski definition) is 1. The predicted octanol–water partition coefficient (Wildman–Crippen LogP) is 0.113. The molecule has 1 nitrogen and oxygen atoms in total. The van der Waals surface area contributed by atoms with Gasteiger partial charge in [0.05, 0.1) is 0 Å². The van der Waals surface area contributed by atoms with Crippen LogP contribution in [0.3, 0.4) is 0 Å². The van der Waals surface area contributed by atoms with Gasteiger partial charge in [-0.3, -0.25) is 0 Å². The Hall–Kier alpha value is 0.339. The van der Waals surface area contributed by atoms with Crippen LogP contribution < -0.4 is 5.32 Å². The predicted molar refractivity (Wildman–Crippen MR) is 27.5 cm³/mol. The zero-order valence-corrected chi connectivity index (χ0v) is 6.42. The summed E-state index contributed by atoms with van der Waals surface area (Å²) < 4.78 is 0. The summed E-state index contributed by atoms with van der Waals surface area (Å²) in [4.78, 5) is 0. The third-order valence-corrected chi connectivity index (χ3v) is 0.691. The van der Waals surface area contributed by atoms with Crippen molar-refractivity contribution >= 4 is 23.9 Å². The first-order chi connectivity index (χ1) is 2.50. The summed E-state index contributed by atoms with van der Waals surface area (Å²) in [7, 11) is 0. The molecule has 6 heavy (non-hydrogen) atoms. The maximum Gasteiger partial charge on any atom is 0.0176 e. The molecule has 0 fully saturated rings. The summed E-state index contributed by atoms with van der Waals surface area (Å²) in [5, 5.41) is 3.04. The molecule has 32 valence electrons. The second-order valence-corrected chi connectivity index (χ2v) is 1.15. The summed E-state index contributed by atoms with van der Waals surface area (Å²) in [6, 6.07) is 0. The van der Waals surface area contributed by atoms with E-state index in [1.807, 2.05) is 6.20 Å². The van der Waals surface area contributed by atoms with Gasteiger partial charge in [0.2, 0.25) is 0 Å². The minimum absolute atomic E-state index is 0. The molecule has 0 aliphatic carbocycles. The van der Waals surface area contributed by atoms with E-state index in [1.54, 1.807) is 0 Å². The van der Waals surface area contributed by atoms with Gasteiger partial charge in [-0.15, -0.1) is 0 Å². The molecule has 0 amide bonds. The smallest absolute Gasteiger partial charge is 0.0176 e. The van der Waals surface area contributed by atoms with E-state index in [2.05, 4.69) is 11.4 Å². The summed E-state index contributed by atoms with van der Waals surface area (Å²) in [6.07, 6.45) is 5.32. The van der Waals surface area contributed by atoms with Crippen LogP contribution >= 0.6 is 0 Å². The topological polar surface area (TPSA) is 12.0 Å². The molecular formula is C4H7NSn. The van der Waals surface area contributed by atoms with Crippen LogP contribution in [0.4, 0.5) is 0 Å². The van der Waals surface area contributed by atoms with Gasteiger partial charge in [-0.2, -0.15) is 0 Å². The van der Waals surface area contributed by atoms with Crippen molar-refractivity contribution < 1.29 is 0 Å². The molecule has 0 spiro atoms. The van der Waals surface area contributed by atoms with Crippen molar-refractivity contribution in [3.63, 3.8) is 0 Å². The third-order valence-electron chi connectivity index (χ3n) is 0.691. The average molecular weight is 188 g/mol. The Kier molecular flexibility index (Phi) is 3.73. The Balaban J connectivity index is 0.000000250. The maximum absolute atomic E-state index is 3.04. The van der Waals surface area contributed by atoms with Gasteiger partial charge in [0.1, 0.15) is 0 Å². The van der Waals surface area contributed by atoms with Crippen molar-refractivity contribution in [1.29, 1.82) is 0 Å². The van der Waals surface area contributed by atoms with Crippen LogP contribution in [0.15, 0.2) is 12.3 Å². The molecule has 0 unspecified atom stereocenters. The van der Waals surface area contributed by atoms with E-state index in [4.69, 9.17) is 0 Å². The molecule has 1 N–H and O–H groups in total. The average Bonchev–Trinajstić information content (AvgIpc) is 1.76. The molecule has 2 heteroatoms. The van der Waals surface area contributed by atoms with Crippen molar-refractivity contribution in [3.8, 4) is 0 Å². The van der Waals surface area contributed by atoms with Gasteiger partial charge in [0.15, 0.2) is 0 Å². The van der Waals surface area contributed by atoms with Gasteiger partial charge in [-0.1, -0.05) is 6.08 Å². The zero-order chi connectivity index (χ0) is 3.54. The van der Waals surface area contributed by atoms with Crippen LogP contribution in [0, 0.1) is 0 Å². The third kappa shape index (κ3) is 1.70. The second-order valence-electron chi connectivity index (χ2n) is 1.15. The fourth-order valence-corrected chi connectivity index (χ4v) is 0.417. The monoisotopic (exact) mass is 189 g/mol. The van der Waals surface area contributed by atoms with Crippen molar-refractivity contribution in [1.82, 2.24) is 5.32 Å². The molecule has 0 aromatic carbocycles. The van der Waals surface area contributed by atoms with Crippen LogP contribution in [-0.4, -0.2) is 30.5 Å². The summed E-state index contributed by atoms with van der Waals surface area (Å²) in [6.45, 7) is 1.14. The molecular weight excluding hydrogens is 181 g/mol. The van der Waals surface area contributed by atoms with Gasteiger partial charge in [-0.05, 0) is 12.6 Å². The number of rotatable bonds is 0. The Bertz CT molecular complexity index is 45.5. The van der Waals surface area contributed by atoms with Crippen molar-refractivity contribution in [2.24, 2.45) is 0 Å². The van der Waals surface area contributed by atoms with Gasteiger partial charge in [0.25, 0.3) is 0 Å². The van der Waals surface area contributed by atoms with Crippen LogP contribution in [0.2, 0.25) is 0 Å². The quantitative estimate of drug-likeness (QED) is 0.532. The fourth-order valence-electron chi connectivity index (χ4n) is 0.417. The minimum atomic E-state index is 0. The van der Waals surface area contributed by atoms with Crippen LogP contribution in [0.1, 0.15) is 6.42 Å². The van der Waals surface area contributed by atoms with Gasteiger partial charge < -0.3 is 5.32 Å². The van der Waals surface area contributed by atoms with E-state index in [-0.39, 0.29) is 23.9 Å². The van der Waals surface area contributed by atoms with E-state index in [0.717, 1.165) is 6.54 Å². The second kappa shape index (κ2) is 3.53. The molecule has 1 aliphatic heterocycles. The number of nitrogens with one attached hydrogen (secondary N) is 1. The zero-order valence-electron chi connectivity index (χ0n) is 3.57. The van der Waals surface area contributed by atoms with Crippen LogP contribution in [-0.2, 0) is 0 Å². The van der Waals surface area contributed by atoms with Crippen molar-refractivity contribution in [2.75, 3.05) is 6.54 Å². The first kappa shape index (κ1) is 6.34. The van der Waals surface area contributed by atoms with Gasteiger partial charge >= 0.3 is 0 Å². The molecule has 0 saturated carbocycles. The fraction of sp³-hybridized carbons (Fsp3) is 0.500. The normalized spacial score (nSPS) is 16.0. The van der Waals surface area contributed by atoms with Crippen molar-refractivity contribution in [3.05, 3.63) is 12.3 Å². The van der Waals surface area contributed by atoms with Crippen LogP contribution in [0.5, 0.6) is 0 Å². The van der Waals surface area contributed by atoms with E-state index in [1.165, 1.54) is 6.42 Å². The van der Waals surface area contributed by atoms with E-state index in [9.17, 15) is 0 Å². The van der Waals surface area contributed by atoms with E-state index in [0.29, 0.717) is 0 Å². The van der Waals surface area contributed by atoms with Gasteiger partial charge in [0, 0.05) is 30.5 Å². The molecule has 4 radical (unpaired) electrons. The molecule has 0 bridgehead atoms. The summed E-state index contributed by atoms with van der Waals surface area (Å²) >= 11 is 0. The van der Waals surface area contributed by atoms with E-state index < -0.39 is 0 Å². The Morgan fingerprint density at radius 3 is 2.50 bits per heavy atom. The Labute approximate surface area is 54.8 Å². The Morgan fingerprint density at radius 2 is 2.33 bits per heavy atom. The minimum Gasteiger partial charge on any atom is -0.391 e. The molecule has 0 aromatic heterocycles. The van der Waals surface area contributed by atoms with Crippen LogP contribution in [0.25, 0.3) is 0 Å². The first-order valence-corrected chi connectivity index (χ1v) is 1.88.